The van der Waals surface area contributed by atoms with Crippen LogP contribution in [0.2, 0.25) is 0 Å². The number of fused-ring (bicyclic) bond motifs is 1. The number of methoxy groups -OCH3 is 1. The quantitative estimate of drug-likeness (QED) is 0.721. The van der Waals surface area contributed by atoms with Crippen LogP contribution in [0.25, 0.3) is 22.3 Å². The molecule has 108 valence electrons. The number of benzene rings is 1. The first-order valence-electron chi connectivity index (χ1n) is 6.97. The van der Waals surface area contributed by atoms with Crippen molar-refractivity contribution in [2.45, 2.75) is 20.8 Å². The van der Waals surface area contributed by atoms with Gasteiger partial charge in [0.05, 0.1) is 29.7 Å². The predicted octanol–water partition coefficient (Wildman–Crippen LogP) is 3.57. The highest BCUT2D eigenvalue weighted by molar-refractivity contribution is 5.88. The average molecular weight is 281 g/mol. The highest BCUT2D eigenvalue weighted by atomic mass is 16.5. The average Bonchev–Trinajstić information content (AvgIpc) is 2.78. The SMILES string of the molecule is COc1ccc2c(C)cc(-c3cc(C)nn3C)nc2c1C. The van der Waals surface area contributed by atoms with Crippen LogP contribution in [0.3, 0.4) is 0 Å². The van der Waals surface area contributed by atoms with Gasteiger partial charge in [-0.2, -0.15) is 5.10 Å². The molecular weight excluding hydrogens is 262 g/mol. The summed E-state index contributed by atoms with van der Waals surface area (Å²) in [7, 11) is 3.64. The van der Waals surface area contributed by atoms with E-state index in [2.05, 4.69) is 30.2 Å². The van der Waals surface area contributed by atoms with Crippen LogP contribution in [0.4, 0.5) is 0 Å². The Labute approximate surface area is 124 Å². The third-order valence-corrected chi connectivity index (χ3v) is 3.88. The second-order valence-corrected chi connectivity index (χ2v) is 5.41. The monoisotopic (exact) mass is 281 g/mol. The van der Waals surface area contributed by atoms with Crippen LogP contribution >= 0.6 is 0 Å². The minimum absolute atomic E-state index is 0.868. The smallest absolute Gasteiger partial charge is 0.123 e. The summed E-state index contributed by atoms with van der Waals surface area (Å²) in [5, 5.41) is 5.57. The van der Waals surface area contributed by atoms with E-state index in [1.165, 1.54) is 5.56 Å². The van der Waals surface area contributed by atoms with E-state index in [9.17, 15) is 0 Å². The number of hydrogen-bond acceptors (Lipinski definition) is 3. The van der Waals surface area contributed by atoms with Crippen LogP contribution in [0.15, 0.2) is 24.3 Å². The van der Waals surface area contributed by atoms with Gasteiger partial charge < -0.3 is 4.74 Å². The molecule has 0 radical (unpaired) electrons. The van der Waals surface area contributed by atoms with Crippen molar-refractivity contribution in [3.05, 3.63) is 41.1 Å². The fourth-order valence-corrected chi connectivity index (χ4v) is 2.78. The molecule has 0 saturated carbocycles. The van der Waals surface area contributed by atoms with E-state index in [0.717, 1.165) is 39.3 Å². The van der Waals surface area contributed by atoms with Crippen molar-refractivity contribution in [3.8, 4) is 17.1 Å². The zero-order valence-electron chi connectivity index (χ0n) is 13.1. The lowest BCUT2D eigenvalue weighted by atomic mass is 10.0. The van der Waals surface area contributed by atoms with Crippen LogP contribution < -0.4 is 4.74 Å². The molecule has 0 N–H and O–H groups in total. The van der Waals surface area contributed by atoms with Crippen molar-refractivity contribution in [2.24, 2.45) is 7.05 Å². The Hall–Kier alpha value is -2.36. The van der Waals surface area contributed by atoms with E-state index in [4.69, 9.17) is 9.72 Å². The Kier molecular flexibility index (Phi) is 3.16. The van der Waals surface area contributed by atoms with Gasteiger partial charge >= 0.3 is 0 Å². The Morgan fingerprint density at radius 3 is 2.48 bits per heavy atom. The second-order valence-electron chi connectivity index (χ2n) is 5.41. The van der Waals surface area contributed by atoms with Gasteiger partial charge in [0.25, 0.3) is 0 Å². The maximum atomic E-state index is 5.41. The van der Waals surface area contributed by atoms with Gasteiger partial charge in [0, 0.05) is 18.0 Å². The van der Waals surface area contributed by atoms with Gasteiger partial charge in [0.2, 0.25) is 0 Å². The summed E-state index contributed by atoms with van der Waals surface area (Å²) in [5.41, 5.74) is 6.23. The lowest BCUT2D eigenvalue weighted by molar-refractivity contribution is 0.412. The summed E-state index contributed by atoms with van der Waals surface area (Å²) in [6, 6.07) is 8.25. The zero-order valence-corrected chi connectivity index (χ0v) is 13.1. The number of rotatable bonds is 2. The van der Waals surface area contributed by atoms with Gasteiger partial charge in [0.1, 0.15) is 5.75 Å². The minimum atomic E-state index is 0.868. The van der Waals surface area contributed by atoms with Crippen molar-refractivity contribution in [2.75, 3.05) is 7.11 Å². The van der Waals surface area contributed by atoms with Gasteiger partial charge in [0.15, 0.2) is 0 Å². The van der Waals surface area contributed by atoms with Crippen LogP contribution in [0.5, 0.6) is 5.75 Å². The molecule has 0 aliphatic rings. The number of ether oxygens (including phenoxy) is 1. The summed E-state index contributed by atoms with van der Waals surface area (Å²) in [6.45, 7) is 6.15. The molecule has 0 saturated heterocycles. The molecule has 0 atom stereocenters. The summed E-state index contributed by atoms with van der Waals surface area (Å²) in [5.74, 6) is 0.868. The van der Waals surface area contributed by atoms with Crippen LogP contribution in [-0.2, 0) is 7.05 Å². The molecule has 21 heavy (non-hydrogen) atoms. The molecular formula is C17H19N3O. The first kappa shape index (κ1) is 13.6. The molecule has 3 aromatic rings. The lowest BCUT2D eigenvalue weighted by Crippen LogP contribution is -1.98. The maximum absolute atomic E-state index is 5.41. The third kappa shape index (κ3) is 2.17. The number of aromatic nitrogens is 3. The summed E-state index contributed by atoms with van der Waals surface area (Å²) >= 11 is 0. The van der Waals surface area contributed by atoms with E-state index in [-0.39, 0.29) is 0 Å². The topological polar surface area (TPSA) is 39.9 Å². The Bertz CT molecular complexity index is 834. The van der Waals surface area contributed by atoms with Gasteiger partial charge in [-0.1, -0.05) is 0 Å². The van der Waals surface area contributed by atoms with E-state index >= 15 is 0 Å². The minimum Gasteiger partial charge on any atom is -0.496 e. The Balaban J connectivity index is 2.31. The van der Waals surface area contributed by atoms with E-state index < -0.39 is 0 Å². The molecule has 4 heteroatoms. The number of hydrogen-bond donors (Lipinski definition) is 0. The largest absolute Gasteiger partial charge is 0.496 e. The zero-order chi connectivity index (χ0) is 15.1. The fourth-order valence-electron chi connectivity index (χ4n) is 2.78. The van der Waals surface area contributed by atoms with E-state index in [1.807, 2.05) is 31.6 Å². The van der Waals surface area contributed by atoms with E-state index in [0.29, 0.717) is 0 Å². The predicted molar refractivity (Wildman–Crippen MR) is 84.7 cm³/mol. The molecule has 1 aromatic carbocycles. The van der Waals surface area contributed by atoms with Crippen molar-refractivity contribution >= 4 is 10.9 Å². The summed E-state index contributed by atoms with van der Waals surface area (Å²) in [4.78, 5) is 4.85. The molecule has 0 unspecified atom stereocenters. The number of pyridine rings is 1. The lowest BCUT2D eigenvalue weighted by Gasteiger charge is -2.11. The molecule has 0 bridgehead atoms. The van der Waals surface area contributed by atoms with Gasteiger partial charge in [-0.05, 0) is 50.6 Å². The van der Waals surface area contributed by atoms with Crippen LogP contribution in [-0.4, -0.2) is 21.9 Å². The number of nitrogens with zero attached hydrogens (tertiary/aromatic N) is 3. The standard InChI is InChI=1S/C17H19N3O/c1-10-8-14(15-9-11(2)19-20(15)4)18-17-12(3)16(21-5)7-6-13(10)17/h6-9H,1-5H3. The van der Waals surface area contributed by atoms with Crippen LogP contribution in [0.1, 0.15) is 16.8 Å². The molecule has 0 fully saturated rings. The molecule has 0 aliphatic heterocycles. The Morgan fingerprint density at radius 2 is 1.86 bits per heavy atom. The van der Waals surface area contributed by atoms with E-state index in [1.54, 1.807) is 7.11 Å². The molecule has 0 amide bonds. The molecule has 2 heterocycles. The normalized spacial score (nSPS) is 11.1. The van der Waals surface area contributed by atoms with Crippen molar-refractivity contribution in [1.29, 1.82) is 0 Å². The van der Waals surface area contributed by atoms with Crippen LogP contribution in [0, 0.1) is 20.8 Å². The Morgan fingerprint density at radius 1 is 1.10 bits per heavy atom. The maximum Gasteiger partial charge on any atom is 0.123 e. The highest BCUT2D eigenvalue weighted by Gasteiger charge is 2.12. The van der Waals surface area contributed by atoms with Gasteiger partial charge in [-0.15, -0.1) is 0 Å². The summed E-state index contributed by atoms with van der Waals surface area (Å²) in [6.07, 6.45) is 0. The third-order valence-electron chi connectivity index (χ3n) is 3.88. The second kappa shape index (κ2) is 4.88. The molecule has 0 spiro atoms. The first-order chi connectivity index (χ1) is 10.0. The van der Waals surface area contributed by atoms with Gasteiger partial charge in [-0.25, -0.2) is 4.98 Å². The number of aryl methyl sites for hydroxylation is 4. The van der Waals surface area contributed by atoms with Gasteiger partial charge in [-0.3, -0.25) is 4.68 Å². The molecule has 0 aliphatic carbocycles. The van der Waals surface area contributed by atoms with Crippen molar-refractivity contribution < 1.29 is 4.74 Å². The highest BCUT2D eigenvalue weighted by Crippen LogP contribution is 2.30. The molecule has 2 aromatic heterocycles. The van der Waals surface area contributed by atoms with Crippen molar-refractivity contribution in [1.82, 2.24) is 14.8 Å². The van der Waals surface area contributed by atoms with Crippen molar-refractivity contribution in [3.63, 3.8) is 0 Å². The fraction of sp³-hybridized carbons (Fsp3) is 0.294. The first-order valence-corrected chi connectivity index (χ1v) is 6.97. The summed E-state index contributed by atoms with van der Waals surface area (Å²) < 4.78 is 7.28. The molecule has 4 nitrogen and oxygen atoms in total. The molecule has 3 rings (SSSR count).